The van der Waals surface area contributed by atoms with Crippen LogP contribution >= 0.6 is 0 Å². The van der Waals surface area contributed by atoms with Crippen molar-refractivity contribution >= 4 is 28.3 Å². The van der Waals surface area contributed by atoms with Crippen molar-refractivity contribution in [3.63, 3.8) is 0 Å². The number of carbonyl (C=O) groups excluding carboxylic acids is 1. The summed E-state index contributed by atoms with van der Waals surface area (Å²) in [6.45, 7) is 7.55. The van der Waals surface area contributed by atoms with Gasteiger partial charge in [-0.1, -0.05) is 12.1 Å². The molecule has 1 amide bonds. The van der Waals surface area contributed by atoms with E-state index in [1.165, 1.54) is 39.2 Å². The monoisotopic (exact) mass is 463 g/mol. The number of aromatic nitrogens is 2. The molecule has 3 aromatic rings. The highest BCUT2D eigenvalue weighted by Crippen LogP contribution is 2.35. The molecule has 0 bridgehead atoms. The number of methoxy groups -OCH3 is 1. The Bertz CT molecular complexity index is 1110. The second kappa shape index (κ2) is 11.2. The van der Waals surface area contributed by atoms with E-state index in [0.29, 0.717) is 23.9 Å². The van der Waals surface area contributed by atoms with Crippen molar-refractivity contribution in [1.29, 1.82) is 0 Å². The van der Waals surface area contributed by atoms with Crippen LogP contribution in [-0.4, -0.2) is 54.1 Å². The fourth-order valence-electron chi connectivity index (χ4n) is 4.29. The van der Waals surface area contributed by atoms with E-state index in [4.69, 9.17) is 9.47 Å². The summed E-state index contributed by atoms with van der Waals surface area (Å²) in [4.78, 5) is 22.7. The van der Waals surface area contributed by atoms with Gasteiger partial charge in [-0.2, -0.15) is 0 Å². The van der Waals surface area contributed by atoms with Gasteiger partial charge in [-0.25, -0.2) is 9.97 Å². The summed E-state index contributed by atoms with van der Waals surface area (Å²) < 4.78 is 11.7. The molecule has 1 aliphatic rings. The van der Waals surface area contributed by atoms with Crippen LogP contribution in [0.3, 0.4) is 0 Å². The zero-order valence-electron chi connectivity index (χ0n) is 20.1. The second-order valence-corrected chi connectivity index (χ2v) is 8.66. The van der Waals surface area contributed by atoms with E-state index < -0.39 is 0 Å². The molecule has 1 unspecified atom stereocenters. The number of ether oxygens (including phenoxy) is 2. The lowest BCUT2D eigenvalue weighted by atomic mass is 10.1. The van der Waals surface area contributed by atoms with Gasteiger partial charge in [-0.3, -0.25) is 4.79 Å². The fraction of sp³-hybridized carbons (Fsp3) is 0.423. The van der Waals surface area contributed by atoms with E-state index in [-0.39, 0.29) is 11.9 Å². The third kappa shape index (κ3) is 5.94. The van der Waals surface area contributed by atoms with Crippen LogP contribution in [-0.2, 0) is 4.79 Å². The molecule has 1 fully saturated rings. The van der Waals surface area contributed by atoms with Gasteiger partial charge in [-0.05, 0) is 63.0 Å². The molecule has 8 nitrogen and oxygen atoms in total. The second-order valence-electron chi connectivity index (χ2n) is 8.66. The van der Waals surface area contributed by atoms with E-state index in [2.05, 4.69) is 25.5 Å². The SMILES string of the molecule is COc1cc2ncnc(Nc3ccc(C(C)NC(C)=O)cc3)c2cc1OCCCN1CCCC1. The standard InChI is InChI=1S/C26H33N5O3/c1-18(29-19(2)32)20-7-9-21(10-8-20)30-26-22-15-25(24(33-3)16-23(22)27-17-28-26)34-14-6-13-31-11-4-5-12-31/h7-10,15-18H,4-6,11-14H2,1-3H3,(H,29,32)(H,27,28,30). The Balaban J connectivity index is 1.48. The van der Waals surface area contributed by atoms with Crippen molar-refractivity contribution in [2.24, 2.45) is 0 Å². The van der Waals surface area contributed by atoms with Crippen LogP contribution in [0, 0.1) is 0 Å². The van der Waals surface area contributed by atoms with Crippen molar-refractivity contribution in [2.75, 3.05) is 38.7 Å². The molecule has 2 aromatic carbocycles. The third-order valence-corrected chi connectivity index (χ3v) is 6.09. The largest absolute Gasteiger partial charge is 0.493 e. The maximum Gasteiger partial charge on any atom is 0.217 e. The normalized spacial score (nSPS) is 14.7. The molecule has 0 spiro atoms. The maximum absolute atomic E-state index is 11.3. The van der Waals surface area contributed by atoms with Crippen LogP contribution in [0.5, 0.6) is 11.5 Å². The number of likely N-dealkylation sites (tertiary alicyclic amines) is 1. The Hall–Kier alpha value is -3.39. The lowest BCUT2D eigenvalue weighted by Gasteiger charge is -2.16. The van der Waals surface area contributed by atoms with E-state index in [1.54, 1.807) is 7.11 Å². The van der Waals surface area contributed by atoms with Crippen LogP contribution in [0.2, 0.25) is 0 Å². The van der Waals surface area contributed by atoms with Crippen molar-refractivity contribution in [3.8, 4) is 11.5 Å². The maximum atomic E-state index is 11.3. The van der Waals surface area contributed by atoms with Crippen LogP contribution in [0.25, 0.3) is 10.9 Å². The van der Waals surface area contributed by atoms with Gasteiger partial charge >= 0.3 is 0 Å². The summed E-state index contributed by atoms with van der Waals surface area (Å²) in [6.07, 6.45) is 5.10. The van der Waals surface area contributed by atoms with Crippen molar-refractivity contribution in [3.05, 3.63) is 48.3 Å². The number of benzene rings is 2. The molecule has 34 heavy (non-hydrogen) atoms. The molecule has 2 N–H and O–H groups in total. The smallest absolute Gasteiger partial charge is 0.217 e. The molecule has 1 aromatic heterocycles. The highest BCUT2D eigenvalue weighted by Gasteiger charge is 2.14. The first-order valence-corrected chi connectivity index (χ1v) is 11.9. The number of hydrogen-bond acceptors (Lipinski definition) is 7. The Morgan fingerprint density at radius 1 is 1.12 bits per heavy atom. The Morgan fingerprint density at radius 2 is 1.88 bits per heavy atom. The van der Waals surface area contributed by atoms with Crippen molar-refractivity contribution < 1.29 is 14.3 Å². The average molecular weight is 464 g/mol. The number of rotatable bonds is 10. The molecule has 1 saturated heterocycles. The Kier molecular flexibility index (Phi) is 7.80. The van der Waals surface area contributed by atoms with Gasteiger partial charge in [0, 0.05) is 30.6 Å². The van der Waals surface area contributed by atoms with Gasteiger partial charge in [0.1, 0.15) is 12.1 Å². The molecule has 0 radical (unpaired) electrons. The molecule has 4 rings (SSSR count). The Morgan fingerprint density at radius 3 is 2.59 bits per heavy atom. The van der Waals surface area contributed by atoms with E-state index in [9.17, 15) is 4.79 Å². The molecule has 8 heteroatoms. The number of carbonyl (C=O) groups is 1. The highest BCUT2D eigenvalue weighted by molar-refractivity contribution is 5.93. The molecule has 0 aliphatic carbocycles. The zero-order valence-corrected chi connectivity index (χ0v) is 20.1. The molecular weight excluding hydrogens is 430 g/mol. The minimum Gasteiger partial charge on any atom is -0.493 e. The van der Waals surface area contributed by atoms with Gasteiger partial charge in [0.05, 0.1) is 25.3 Å². The van der Waals surface area contributed by atoms with E-state index in [0.717, 1.165) is 35.1 Å². The number of anilines is 2. The number of hydrogen-bond donors (Lipinski definition) is 2. The number of nitrogens with one attached hydrogen (secondary N) is 2. The van der Waals surface area contributed by atoms with Crippen LogP contribution in [0.15, 0.2) is 42.7 Å². The number of fused-ring (bicyclic) bond motifs is 1. The van der Waals surface area contributed by atoms with Gasteiger partial charge in [0.15, 0.2) is 11.5 Å². The highest BCUT2D eigenvalue weighted by atomic mass is 16.5. The van der Waals surface area contributed by atoms with Crippen LogP contribution in [0.4, 0.5) is 11.5 Å². The summed E-state index contributed by atoms with van der Waals surface area (Å²) in [5, 5.41) is 7.13. The quantitative estimate of drug-likeness (QED) is 0.430. The topological polar surface area (TPSA) is 88.6 Å². The lowest BCUT2D eigenvalue weighted by Crippen LogP contribution is -2.23. The summed E-state index contributed by atoms with van der Waals surface area (Å²) in [6, 6.07) is 11.7. The van der Waals surface area contributed by atoms with Gasteiger partial charge in [0.2, 0.25) is 5.91 Å². The average Bonchev–Trinajstić information content (AvgIpc) is 3.35. The summed E-state index contributed by atoms with van der Waals surface area (Å²) >= 11 is 0. The summed E-state index contributed by atoms with van der Waals surface area (Å²) in [5.41, 5.74) is 2.69. The third-order valence-electron chi connectivity index (χ3n) is 6.09. The predicted octanol–water partition coefficient (Wildman–Crippen LogP) is 4.44. The van der Waals surface area contributed by atoms with Gasteiger partial charge < -0.3 is 25.0 Å². The van der Waals surface area contributed by atoms with E-state index >= 15 is 0 Å². The minimum absolute atomic E-state index is 0.0494. The zero-order chi connectivity index (χ0) is 23.9. The fourth-order valence-corrected chi connectivity index (χ4v) is 4.29. The van der Waals surface area contributed by atoms with Crippen LogP contribution in [0.1, 0.15) is 44.7 Å². The summed E-state index contributed by atoms with van der Waals surface area (Å²) in [7, 11) is 1.64. The first-order valence-electron chi connectivity index (χ1n) is 11.9. The molecule has 2 heterocycles. The van der Waals surface area contributed by atoms with Crippen LogP contribution < -0.4 is 20.1 Å². The lowest BCUT2D eigenvalue weighted by molar-refractivity contribution is -0.119. The summed E-state index contributed by atoms with van der Waals surface area (Å²) in [5.74, 6) is 1.99. The molecule has 180 valence electrons. The Labute approximate surface area is 200 Å². The number of nitrogens with zero attached hydrogens (tertiary/aromatic N) is 3. The first-order chi connectivity index (χ1) is 16.5. The van der Waals surface area contributed by atoms with Gasteiger partial charge in [-0.15, -0.1) is 0 Å². The molecule has 1 atom stereocenters. The van der Waals surface area contributed by atoms with E-state index in [1.807, 2.05) is 43.3 Å². The molecule has 1 aliphatic heterocycles. The van der Waals surface area contributed by atoms with Crippen molar-refractivity contribution in [2.45, 2.75) is 39.2 Å². The molecule has 0 saturated carbocycles. The minimum atomic E-state index is -0.0518. The first kappa shape index (κ1) is 23.8. The number of amides is 1. The molecular formula is C26H33N5O3. The van der Waals surface area contributed by atoms with Crippen molar-refractivity contribution in [1.82, 2.24) is 20.2 Å². The predicted molar refractivity (Wildman–Crippen MR) is 134 cm³/mol. The van der Waals surface area contributed by atoms with Gasteiger partial charge in [0.25, 0.3) is 0 Å².